The van der Waals surface area contributed by atoms with Crippen molar-refractivity contribution in [1.82, 2.24) is 9.78 Å². The first-order valence-electron chi connectivity index (χ1n) is 6.89. The lowest BCUT2D eigenvalue weighted by Gasteiger charge is -2.26. The highest BCUT2D eigenvalue weighted by Crippen LogP contribution is 2.34. The number of hydrogen-bond donors (Lipinski definition) is 2. The number of nitrogen functional groups attached to an aromatic ring is 1. The van der Waals surface area contributed by atoms with E-state index in [0.717, 1.165) is 30.0 Å². The van der Waals surface area contributed by atoms with Crippen LogP contribution in [0.15, 0.2) is 48.5 Å². The van der Waals surface area contributed by atoms with E-state index in [-0.39, 0.29) is 6.04 Å². The van der Waals surface area contributed by atoms with Gasteiger partial charge in [-0.1, -0.05) is 24.3 Å². The van der Waals surface area contributed by atoms with Gasteiger partial charge in [0.2, 0.25) is 0 Å². The minimum atomic E-state index is 0.277. The quantitative estimate of drug-likeness (QED) is 0.664. The lowest BCUT2D eigenvalue weighted by atomic mass is 10.0. The van der Waals surface area contributed by atoms with Crippen LogP contribution in [0.5, 0.6) is 0 Å². The summed E-state index contributed by atoms with van der Waals surface area (Å²) < 4.78 is 2.11. The van der Waals surface area contributed by atoms with Crippen LogP contribution >= 0.6 is 0 Å². The molecule has 4 heteroatoms. The summed E-state index contributed by atoms with van der Waals surface area (Å²) in [7, 11) is 0. The molecule has 4 nitrogen and oxygen atoms in total. The van der Waals surface area contributed by atoms with Gasteiger partial charge in [0, 0.05) is 17.6 Å². The monoisotopic (exact) mass is 264 g/mol. The molecule has 3 N–H and O–H groups in total. The highest BCUT2D eigenvalue weighted by molar-refractivity contribution is 5.90. The molecule has 0 radical (unpaired) electrons. The molecule has 0 aliphatic carbocycles. The Morgan fingerprint density at radius 2 is 1.90 bits per heavy atom. The van der Waals surface area contributed by atoms with E-state index in [9.17, 15) is 0 Å². The van der Waals surface area contributed by atoms with Crippen LogP contribution in [0.3, 0.4) is 0 Å². The summed E-state index contributed by atoms with van der Waals surface area (Å²) in [5, 5.41) is 9.42. The maximum absolute atomic E-state index is 5.78. The second-order valence-electron chi connectivity index (χ2n) is 5.21. The number of rotatable bonds is 1. The van der Waals surface area contributed by atoms with E-state index in [0.29, 0.717) is 0 Å². The van der Waals surface area contributed by atoms with Crippen LogP contribution in [0.25, 0.3) is 10.9 Å². The zero-order valence-electron chi connectivity index (χ0n) is 11.1. The van der Waals surface area contributed by atoms with Crippen molar-refractivity contribution >= 4 is 22.4 Å². The largest absolute Gasteiger partial charge is 0.399 e. The first kappa shape index (κ1) is 11.3. The predicted molar refractivity (Wildman–Crippen MR) is 81.8 cm³/mol. The summed E-state index contributed by atoms with van der Waals surface area (Å²) in [6, 6.07) is 16.6. The highest BCUT2D eigenvalue weighted by Gasteiger charge is 2.24. The molecule has 2 aromatic carbocycles. The number of hydrogen-bond acceptors (Lipinski definition) is 3. The lowest BCUT2D eigenvalue weighted by molar-refractivity contribution is 0.486. The van der Waals surface area contributed by atoms with Gasteiger partial charge in [-0.3, -0.25) is 0 Å². The average molecular weight is 264 g/mol. The molecule has 1 aromatic heterocycles. The number of nitrogens with zero attached hydrogens (tertiary/aromatic N) is 2. The summed E-state index contributed by atoms with van der Waals surface area (Å²) in [5.74, 6) is 1.12. The van der Waals surface area contributed by atoms with E-state index in [1.54, 1.807) is 0 Å². The van der Waals surface area contributed by atoms with Gasteiger partial charge in [-0.15, -0.1) is 0 Å². The Hall–Kier alpha value is -2.49. The molecular weight excluding hydrogens is 248 g/mol. The van der Waals surface area contributed by atoms with E-state index in [1.807, 2.05) is 18.2 Å². The fourth-order valence-electron chi connectivity index (χ4n) is 2.93. The Morgan fingerprint density at radius 1 is 1.10 bits per heavy atom. The third-order valence-electron chi connectivity index (χ3n) is 3.93. The number of benzene rings is 2. The molecule has 0 spiro atoms. The van der Waals surface area contributed by atoms with Crippen molar-refractivity contribution in [1.29, 1.82) is 0 Å². The Balaban J connectivity index is 1.87. The van der Waals surface area contributed by atoms with Crippen LogP contribution in [-0.4, -0.2) is 16.3 Å². The van der Waals surface area contributed by atoms with Gasteiger partial charge >= 0.3 is 0 Å². The molecule has 1 unspecified atom stereocenters. The van der Waals surface area contributed by atoms with Gasteiger partial charge in [0.05, 0.1) is 11.6 Å². The van der Waals surface area contributed by atoms with Crippen molar-refractivity contribution in [3.63, 3.8) is 0 Å². The first-order chi connectivity index (χ1) is 9.83. The van der Waals surface area contributed by atoms with Gasteiger partial charge in [0.15, 0.2) is 0 Å². The SMILES string of the molecule is Nc1ccc(C2CCNc3c4ccccc4nn32)cc1. The molecule has 1 atom stereocenters. The molecular formula is C16H16N4. The zero-order chi connectivity index (χ0) is 13.5. The molecule has 0 saturated heterocycles. The van der Waals surface area contributed by atoms with Gasteiger partial charge < -0.3 is 11.1 Å². The summed E-state index contributed by atoms with van der Waals surface area (Å²) >= 11 is 0. The lowest BCUT2D eigenvalue weighted by Crippen LogP contribution is -2.24. The maximum atomic E-state index is 5.78. The molecule has 100 valence electrons. The number of aromatic nitrogens is 2. The number of nitrogens with two attached hydrogens (primary N) is 1. The van der Waals surface area contributed by atoms with E-state index >= 15 is 0 Å². The van der Waals surface area contributed by atoms with E-state index in [4.69, 9.17) is 10.8 Å². The van der Waals surface area contributed by atoms with Gasteiger partial charge in [-0.2, -0.15) is 5.10 Å². The molecule has 1 aliphatic heterocycles. The third kappa shape index (κ3) is 1.65. The third-order valence-corrected chi connectivity index (χ3v) is 3.93. The summed E-state index contributed by atoms with van der Waals surface area (Å²) in [4.78, 5) is 0. The second-order valence-corrected chi connectivity index (χ2v) is 5.21. The standard InChI is InChI=1S/C16H16N4/c17-12-7-5-11(6-8-12)15-9-10-18-16-13-3-1-2-4-14(13)19-20(15)16/h1-8,15,18H,9-10,17H2. The number of anilines is 2. The Kier molecular flexibility index (Phi) is 2.42. The van der Waals surface area contributed by atoms with Crippen LogP contribution in [0.4, 0.5) is 11.5 Å². The van der Waals surface area contributed by atoms with Crippen molar-refractivity contribution in [2.45, 2.75) is 12.5 Å². The fraction of sp³-hybridized carbons (Fsp3) is 0.188. The van der Waals surface area contributed by atoms with Crippen molar-refractivity contribution in [2.24, 2.45) is 0 Å². The number of fused-ring (bicyclic) bond motifs is 3. The Morgan fingerprint density at radius 3 is 2.75 bits per heavy atom. The topological polar surface area (TPSA) is 55.9 Å². The molecule has 2 heterocycles. The van der Waals surface area contributed by atoms with E-state index in [1.165, 1.54) is 10.9 Å². The average Bonchev–Trinajstić information content (AvgIpc) is 2.87. The predicted octanol–water partition coefficient (Wildman–Crippen LogP) is 3.02. The smallest absolute Gasteiger partial charge is 0.132 e. The summed E-state index contributed by atoms with van der Waals surface area (Å²) in [6.45, 7) is 0.963. The minimum Gasteiger partial charge on any atom is -0.399 e. The van der Waals surface area contributed by atoms with Crippen molar-refractivity contribution in [3.05, 3.63) is 54.1 Å². The normalized spacial score (nSPS) is 17.7. The van der Waals surface area contributed by atoms with E-state index < -0.39 is 0 Å². The van der Waals surface area contributed by atoms with Crippen molar-refractivity contribution < 1.29 is 0 Å². The molecule has 0 fully saturated rings. The first-order valence-corrected chi connectivity index (χ1v) is 6.89. The minimum absolute atomic E-state index is 0.277. The molecule has 0 bridgehead atoms. The Labute approximate surface area is 117 Å². The van der Waals surface area contributed by atoms with Crippen molar-refractivity contribution in [2.75, 3.05) is 17.6 Å². The van der Waals surface area contributed by atoms with Crippen LogP contribution in [0.1, 0.15) is 18.0 Å². The molecule has 0 saturated carbocycles. The zero-order valence-corrected chi connectivity index (χ0v) is 11.1. The molecule has 1 aliphatic rings. The Bertz CT molecular complexity index is 758. The molecule has 20 heavy (non-hydrogen) atoms. The highest BCUT2D eigenvalue weighted by atomic mass is 15.4. The van der Waals surface area contributed by atoms with Gasteiger partial charge in [-0.25, -0.2) is 4.68 Å². The maximum Gasteiger partial charge on any atom is 0.132 e. The van der Waals surface area contributed by atoms with Crippen LogP contribution in [-0.2, 0) is 0 Å². The molecule has 3 aromatic rings. The van der Waals surface area contributed by atoms with Crippen LogP contribution in [0.2, 0.25) is 0 Å². The van der Waals surface area contributed by atoms with Gasteiger partial charge in [0.1, 0.15) is 5.82 Å². The summed E-state index contributed by atoms with van der Waals surface area (Å²) in [6.07, 6.45) is 1.03. The fourth-order valence-corrected chi connectivity index (χ4v) is 2.93. The van der Waals surface area contributed by atoms with Crippen LogP contribution < -0.4 is 11.1 Å². The molecule has 4 rings (SSSR count). The van der Waals surface area contributed by atoms with Crippen molar-refractivity contribution in [3.8, 4) is 0 Å². The second kappa shape index (κ2) is 4.27. The summed E-state index contributed by atoms with van der Waals surface area (Å²) in [5.41, 5.74) is 8.88. The van der Waals surface area contributed by atoms with Gasteiger partial charge in [0.25, 0.3) is 0 Å². The van der Waals surface area contributed by atoms with Crippen LogP contribution in [0, 0.1) is 0 Å². The number of nitrogens with one attached hydrogen (secondary N) is 1. The van der Waals surface area contributed by atoms with Gasteiger partial charge in [-0.05, 0) is 36.2 Å². The van der Waals surface area contributed by atoms with E-state index in [2.05, 4.69) is 40.3 Å². The molecule has 0 amide bonds.